The predicted octanol–water partition coefficient (Wildman–Crippen LogP) is 2.24. The van der Waals surface area contributed by atoms with Crippen molar-refractivity contribution in [3.05, 3.63) is 58.9 Å². The lowest BCUT2D eigenvalue weighted by molar-refractivity contribution is 0.0946. The molecule has 0 aliphatic heterocycles. The highest BCUT2D eigenvalue weighted by atomic mass is 16.2. The second-order valence-corrected chi connectivity index (χ2v) is 6.21. The Morgan fingerprint density at radius 1 is 1.08 bits per heavy atom. The zero-order valence-corrected chi connectivity index (χ0v) is 15.1. The Hall–Kier alpha value is -2.73. The first-order valence-electron chi connectivity index (χ1n) is 8.15. The van der Waals surface area contributed by atoms with E-state index >= 15 is 0 Å². The molecule has 1 heterocycles. The van der Waals surface area contributed by atoms with E-state index in [9.17, 15) is 9.59 Å². The monoisotopic (exact) mass is 340 g/mol. The molecule has 0 aliphatic carbocycles. The number of carbonyl (C=O) groups is 2. The van der Waals surface area contributed by atoms with Crippen LogP contribution in [0.3, 0.4) is 0 Å². The van der Waals surface area contributed by atoms with E-state index in [0.717, 1.165) is 23.4 Å². The van der Waals surface area contributed by atoms with Gasteiger partial charge in [-0.05, 0) is 51.2 Å². The third-order valence-corrected chi connectivity index (χ3v) is 3.82. The number of rotatable bonds is 6. The first-order valence-corrected chi connectivity index (χ1v) is 8.15. The summed E-state index contributed by atoms with van der Waals surface area (Å²) in [6, 6.07) is 8.94. The zero-order valence-electron chi connectivity index (χ0n) is 15.1. The molecule has 0 fully saturated rings. The van der Waals surface area contributed by atoms with Crippen LogP contribution >= 0.6 is 0 Å². The smallest absolute Gasteiger partial charge is 0.269 e. The molecule has 0 unspecified atom stereocenters. The van der Waals surface area contributed by atoms with E-state index < -0.39 is 0 Å². The molecule has 1 aromatic carbocycles. The van der Waals surface area contributed by atoms with Crippen LogP contribution in [0, 0.1) is 13.8 Å². The Bertz CT molecular complexity index is 752. The maximum atomic E-state index is 12.5. The molecule has 0 saturated heterocycles. The molecular formula is C19H24N4O2. The average molecular weight is 340 g/mol. The molecule has 132 valence electrons. The number of aryl methyl sites for hydroxylation is 2. The fraction of sp³-hybridized carbons (Fsp3) is 0.316. The number of nitrogens with one attached hydrogen (secondary N) is 2. The molecule has 2 N–H and O–H groups in total. The second kappa shape index (κ2) is 8.39. The first-order chi connectivity index (χ1) is 11.9. The van der Waals surface area contributed by atoms with Crippen molar-refractivity contribution in [2.24, 2.45) is 0 Å². The van der Waals surface area contributed by atoms with E-state index in [1.165, 1.54) is 12.3 Å². The van der Waals surface area contributed by atoms with Crippen molar-refractivity contribution in [1.82, 2.24) is 15.2 Å². The molecule has 0 saturated carbocycles. The first kappa shape index (κ1) is 18.6. The highest BCUT2D eigenvalue weighted by molar-refractivity contribution is 6.06. The minimum atomic E-state index is -0.288. The average Bonchev–Trinajstić information content (AvgIpc) is 2.58. The number of hydrogen-bond donors (Lipinski definition) is 2. The van der Waals surface area contributed by atoms with Gasteiger partial charge in [0.2, 0.25) is 0 Å². The summed E-state index contributed by atoms with van der Waals surface area (Å²) in [7, 11) is 3.87. The lowest BCUT2D eigenvalue weighted by Crippen LogP contribution is -2.32. The van der Waals surface area contributed by atoms with E-state index in [4.69, 9.17) is 0 Å². The van der Waals surface area contributed by atoms with Crippen LogP contribution in [0.15, 0.2) is 36.5 Å². The molecule has 6 nitrogen and oxygen atoms in total. The Balaban J connectivity index is 2.10. The summed E-state index contributed by atoms with van der Waals surface area (Å²) in [4.78, 5) is 30.7. The zero-order chi connectivity index (χ0) is 18.4. The van der Waals surface area contributed by atoms with Crippen LogP contribution in [-0.2, 0) is 0 Å². The van der Waals surface area contributed by atoms with E-state index in [2.05, 4.69) is 15.6 Å². The van der Waals surface area contributed by atoms with E-state index in [1.807, 2.05) is 51.0 Å². The van der Waals surface area contributed by atoms with Gasteiger partial charge in [-0.2, -0.15) is 0 Å². The Morgan fingerprint density at radius 2 is 1.76 bits per heavy atom. The van der Waals surface area contributed by atoms with Crippen molar-refractivity contribution in [2.45, 2.75) is 13.8 Å². The van der Waals surface area contributed by atoms with Crippen molar-refractivity contribution >= 4 is 17.5 Å². The van der Waals surface area contributed by atoms with Crippen LogP contribution in [0.2, 0.25) is 0 Å². The largest absolute Gasteiger partial charge is 0.349 e. The normalized spacial score (nSPS) is 10.6. The van der Waals surface area contributed by atoms with E-state index in [0.29, 0.717) is 12.1 Å². The molecule has 2 amide bonds. The van der Waals surface area contributed by atoms with Gasteiger partial charge in [-0.15, -0.1) is 0 Å². The van der Waals surface area contributed by atoms with Crippen LogP contribution in [0.4, 0.5) is 5.69 Å². The summed E-state index contributed by atoms with van der Waals surface area (Å²) in [6.07, 6.45) is 1.47. The number of aromatic nitrogens is 1. The highest BCUT2D eigenvalue weighted by Gasteiger charge is 2.13. The minimum absolute atomic E-state index is 0.230. The third-order valence-electron chi connectivity index (χ3n) is 3.82. The lowest BCUT2D eigenvalue weighted by Gasteiger charge is -2.12. The number of pyridine rings is 1. The van der Waals surface area contributed by atoms with Gasteiger partial charge in [-0.25, -0.2) is 0 Å². The molecule has 0 spiro atoms. The molecule has 25 heavy (non-hydrogen) atoms. The number of nitrogens with zero attached hydrogens (tertiary/aromatic N) is 2. The van der Waals surface area contributed by atoms with Crippen LogP contribution in [0.5, 0.6) is 0 Å². The van der Waals surface area contributed by atoms with Crippen molar-refractivity contribution in [3.63, 3.8) is 0 Å². The molecule has 2 aromatic rings. The summed E-state index contributed by atoms with van der Waals surface area (Å²) >= 11 is 0. The molecule has 1 aromatic heterocycles. The molecule has 2 rings (SSSR count). The number of carbonyl (C=O) groups excluding carboxylic acids is 2. The number of amides is 2. The number of benzene rings is 1. The second-order valence-electron chi connectivity index (χ2n) is 6.21. The molecule has 0 aliphatic rings. The van der Waals surface area contributed by atoms with Gasteiger partial charge in [0.05, 0.1) is 0 Å². The van der Waals surface area contributed by atoms with Gasteiger partial charge in [0.1, 0.15) is 5.69 Å². The fourth-order valence-electron chi connectivity index (χ4n) is 2.38. The van der Waals surface area contributed by atoms with Gasteiger partial charge in [-0.1, -0.05) is 18.2 Å². The van der Waals surface area contributed by atoms with E-state index in [-0.39, 0.29) is 17.5 Å². The molecule has 0 atom stereocenters. The summed E-state index contributed by atoms with van der Waals surface area (Å²) in [6.45, 7) is 5.14. The number of anilines is 1. The maximum absolute atomic E-state index is 12.5. The number of hydrogen-bond acceptors (Lipinski definition) is 4. The van der Waals surface area contributed by atoms with Crippen molar-refractivity contribution in [1.29, 1.82) is 0 Å². The van der Waals surface area contributed by atoms with Crippen LogP contribution in [-0.4, -0.2) is 48.9 Å². The summed E-state index contributed by atoms with van der Waals surface area (Å²) in [5.74, 6) is -0.550. The van der Waals surface area contributed by atoms with Crippen molar-refractivity contribution < 1.29 is 9.59 Å². The standard InChI is InChI=1S/C19H24N4O2/c1-13-6-5-7-14(2)17(13)22-18(24)15-8-9-20-16(12-15)19(25)21-10-11-23(3)4/h5-9,12H,10-11H2,1-4H3,(H,21,25)(H,22,24). The lowest BCUT2D eigenvalue weighted by atomic mass is 10.1. The van der Waals surface area contributed by atoms with Gasteiger partial charge in [0, 0.05) is 30.5 Å². The van der Waals surface area contributed by atoms with Gasteiger partial charge in [0.25, 0.3) is 11.8 Å². The SMILES string of the molecule is Cc1cccc(C)c1NC(=O)c1ccnc(C(=O)NCCN(C)C)c1. The molecular weight excluding hydrogens is 316 g/mol. The summed E-state index contributed by atoms with van der Waals surface area (Å²) in [5.41, 5.74) is 3.40. The fourth-order valence-corrected chi connectivity index (χ4v) is 2.38. The minimum Gasteiger partial charge on any atom is -0.349 e. The Morgan fingerprint density at radius 3 is 2.40 bits per heavy atom. The topological polar surface area (TPSA) is 74.3 Å². The van der Waals surface area contributed by atoms with Crippen molar-refractivity contribution in [3.8, 4) is 0 Å². The quantitative estimate of drug-likeness (QED) is 0.846. The summed E-state index contributed by atoms with van der Waals surface area (Å²) < 4.78 is 0. The van der Waals surface area contributed by atoms with Crippen LogP contribution < -0.4 is 10.6 Å². The predicted molar refractivity (Wildman–Crippen MR) is 99.0 cm³/mol. The van der Waals surface area contributed by atoms with E-state index in [1.54, 1.807) is 6.07 Å². The van der Waals surface area contributed by atoms with Gasteiger partial charge in [-0.3, -0.25) is 14.6 Å². The molecule has 0 radical (unpaired) electrons. The highest BCUT2D eigenvalue weighted by Crippen LogP contribution is 2.20. The molecule has 6 heteroatoms. The van der Waals surface area contributed by atoms with Gasteiger partial charge < -0.3 is 15.5 Å². The molecule has 0 bridgehead atoms. The maximum Gasteiger partial charge on any atom is 0.269 e. The Labute approximate surface area is 148 Å². The van der Waals surface area contributed by atoms with Crippen molar-refractivity contribution in [2.75, 3.05) is 32.5 Å². The van der Waals surface area contributed by atoms with Crippen LogP contribution in [0.25, 0.3) is 0 Å². The summed E-state index contributed by atoms with van der Waals surface area (Å²) in [5, 5.41) is 5.70. The Kier molecular flexibility index (Phi) is 6.25. The number of likely N-dealkylation sites (N-methyl/N-ethyl adjacent to an activating group) is 1. The van der Waals surface area contributed by atoms with Gasteiger partial charge in [0.15, 0.2) is 0 Å². The van der Waals surface area contributed by atoms with Gasteiger partial charge >= 0.3 is 0 Å². The third kappa shape index (κ3) is 5.12. The van der Waals surface area contributed by atoms with Crippen LogP contribution in [0.1, 0.15) is 32.0 Å². The number of para-hydroxylation sites is 1.